The lowest BCUT2D eigenvalue weighted by Gasteiger charge is -2.16. The molecule has 1 aliphatic rings. The number of likely N-dealkylation sites (tertiary alicyclic amines) is 1. The van der Waals surface area contributed by atoms with Gasteiger partial charge in [-0.1, -0.05) is 17.7 Å². The quantitative estimate of drug-likeness (QED) is 0.541. The van der Waals surface area contributed by atoms with Crippen LogP contribution in [0.5, 0.6) is 0 Å². The van der Waals surface area contributed by atoms with E-state index in [1.54, 1.807) is 18.3 Å². The molecule has 1 aliphatic heterocycles. The minimum Gasteiger partial charge on any atom is -0.342 e. The number of amides is 2. The standard InChI is InChI=1S/C23H22ClN3O4S2/c1-33(30,31)19-12-17(24)11-18(13-19)26-23(29)20-9-16(14-32-20)22-15(5-4-6-25-22)10-21(28)27-7-2-3-8-27/h4-6,9,11-14H,2-3,7-8,10H2,1H3,(H,26,29). The Labute approximate surface area is 201 Å². The van der Waals surface area contributed by atoms with Crippen LogP contribution in [0.25, 0.3) is 11.3 Å². The van der Waals surface area contributed by atoms with E-state index in [1.807, 2.05) is 16.3 Å². The van der Waals surface area contributed by atoms with Gasteiger partial charge in [0.05, 0.1) is 21.9 Å². The SMILES string of the molecule is CS(=O)(=O)c1cc(Cl)cc(NC(=O)c2cc(-c3ncccc3CC(=O)N3CCCC3)cs2)c1. The third-order valence-electron chi connectivity index (χ3n) is 5.35. The maximum absolute atomic E-state index is 12.8. The lowest BCUT2D eigenvalue weighted by atomic mass is 10.0. The Morgan fingerprint density at radius 3 is 2.67 bits per heavy atom. The number of anilines is 1. The first-order chi connectivity index (χ1) is 15.7. The first-order valence-electron chi connectivity index (χ1n) is 10.3. The Morgan fingerprint density at radius 1 is 1.18 bits per heavy atom. The normalized spacial score (nSPS) is 13.8. The number of halogens is 1. The van der Waals surface area contributed by atoms with Crippen molar-refractivity contribution in [3.63, 3.8) is 0 Å². The van der Waals surface area contributed by atoms with Crippen molar-refractivity contribution in [2.24, 2.45) is 0 Å². The van der Waals surface area contributed by atoms with Crippen molar-refractivity contribution in [3.05, 3.63) is 63.4 Å². The molecule has 0 atom stereocenters. The second-order valence-corrected chi connectivity index (χ2v) is 11.2. The fourth-order valence-electron chi connectivity index (χ4n) is 3.70. The van der Waals surface area contributed by atoms with Gasteiger partial charge in [0, 0.05) is 47.2 Å². The molecule has 0 unspecified atom stereocenters. The van der Waals surface area contributed by atoms with Crippen LogP contribution >= 0.6 is 22.9 Å². The predicted octanol–water partition coefficient (Wildman–Crippen LogP) is 4.28. The highest BCUT2D eigenvalue weighted by Gasteiger charge is 2.21. The molecule has 4 rings (SSSR count). The monoisotopic (exact) mass is 503 g/mol. The minimum absolute atomic E-state index is 0.0259. The molecule has 33 heavy (non-hydrogen) atoms. The van der Waals surface area contributed by atoms with Crippen molar-refractivity contribution < 1.29 is 18.0 Å². The molecule has 0 radical (unpaired) electrons. The Bertz CT molecular complexity index is 1310. The molecular weight excluding hydrogens is 482 g/mol. The van der Waals surface area contributed by atoms with Gasteiger partial charge in [0.1, 0.15) is 0 Å². The van der Waals surface area contributed by atoms with Gasteiger partial charge >= 0.3 is 0 Å². The van der Waals surface area contributed by atoms with Crippen LogP contribution in [0.15, 0.2) is 52.9 Å². The molecular formula is C23H22ClN3O4S2. The number of nitrogens with zero attached hydrogens (tertiary/aromatic N) is 2. The highest BCUT2D eigenvalue weighted by Crippen LogP contribution is 2.29. The van der Waals surface area contributed by atoms with Gasteiger partial charge in [-0.3, -0.25) is 14.6 Å². The number of nitrogens with one attached hydrogen (secondary N) is 1. The van der Waals surface area contributed by atoms with Crippen molar-refractivity contribution in [2.75, 3.05) is 24.7 Å². The zero-order valence-electron chi connectivity index (χ0n) is 17.9. The summed E-state index contributed by atoms with van der Waals surface area (Å²) < 4.78 is 23.7. The van der Waals surface area contributed by atoms with E-state index in [4.69, 9.17) is 11.6 Å². The van der Waals surface area contributed by atoms with Crippen LogP contribution in [-0.4, -0.2) is 49.5 Å². The zero-order valence-corrected chi connectivity index (χ0v) is 20.3. The number of rotatable bonds is 6. The summed E-state index contributed by atoms with van der Waals surface area (Å²) in [5.74, 6) is -0.309. The lowest BCUT2D eigenvalue weighted by molar-refractivity contribution is -0.129. The van der Waals surface area contributed by atoms with E-state index in [2.05, 4.69) is 10.3 Å². The van der Waals surface area contributed by atoms with Gasteiger partial charge in [0.25, 0.3) is 5.91 Å². The molecule has 1 aromatic carbocycles. The number of hydrogen-bond donors (Lipinski definition) is 1. The third-order valence-corrected chi connectivity index (χ3v) is 7.58. The molecule has 7 nitrogen and oxygen atoms in total. The van der Waals surface area contributed by atoms with Gasteiger partial charge in [-0.25, -0.2) is 8.42 Å². The van der Waals surface area contributed by atoms with Crippen molar-refractivity contribution in [1.82, 2.24) is 9.88 Å². The smallest absolute Gasteiger partial charge is 0.265 e. The van der Waals surface area contributed by atoms with Crippen LogP contribution in [0.3, 0.4) is 0 Å². The number of hydrogen-bond acceptors (Lipinski definition) is 6. The summed E-state index contributed by atoms with van der Waals surface area (Å²) in [6, 6.07) is 9.59. The molecule has 3 aromatic rings. The average molecular weight is 504 g/mol. The number of thiophene rings is 1. The van der Waals surface area contributed by atoms with Crippen molar-refractivity contribution in [3.8, 4) is 11.3 Å². The molecule has 2 aromatic heterocycles. The second-order valence-electron chi connectivity index (χ2n) is 7.88. The van der Waals surface area contributed by atoms with E-state index in [-0.39, 0.29) is 27.9 Å². The molecule has 0 bridgehead atoms. The van der Waals surface area contributed by atoms with Crippen molar-refractivity contribution in [2.45, 2.75) is 24.2 Å². The molecule has 0 spiro atoms. The van der Waals surface area contributed by atoms with E-state index in [9.17, 15) is 18.0 Å². The number of pyridine rings is 1. The highest BCUT2D eigenvalue weighted by molar-refractivity contribution is 7.90. The topological polar surface area (TPSA) is 96.4 Å². The van der Waals surface area contributed by atoms with Crippen LogP contribution in [0, 0.1) is 0 Å². The highest BCUT2D eigenvalue weighted by atomic mass is 35.5. The summed E-state index contributed by atoms with van der Waals surface area (Å²) in [7, 11) is -3.47. The van der Waals surface area contributed by atoms with Crippen LogP contribution in [0.4, 0.5) is 5.69 Å². The maximum Gasteiger partial charge on any atom is 0.265 e. The molecule has 0 aliphatic carbocycles. The van der Waals surface area contributed by atoms with Gasteiger partial charge in [0.15, 0.2) is 9.84 Å². The Balaban J connectivity index is 1.53. The first kappa shape index (κ1) is 23.4. The first-order valence-corrected chi connectivity index (χ1v) is 13.5. The number of carbonyl (C=O) groups excluding carboxylic acids is 2. The van der Waals surface area contributed by atoms with Crippen LogP contribution in [0.1, 0.15) is 28.1 Å². The van der Waals surface area contributed by atoms with Gasteiger partial charge in [-0.15, -0.1) is 11.3 Å². The molecule has 1 fully saturated rings. The van der Waals surface area contributed by atoms with E-state index in [0.29, 0.717) is 10.6 Å². The van der Waals surface area contributed by atoms with Gasteiger partial charge in [-0.2, -0.15) is 0 Å². The van der Waals surface area contributed by atoms with E-state index in [1.165, 1.54) is 29.5 Å². The largest absolute Gasteiger partial charge is 0.342 e. The van der Waals surface area contributed by atoms with E-state index in [0.717, 1.165) is 43.3 Å². The van der Waals surface area contributed by atoms with Crippen molar-refractivity contribution in [1.29, 1.82) is 0 Å². The Hall–Kier alpha value is -2.75. The molecule has 2 amide bonds. The number of carbonyl (C=O) groups is 2. The summed E-state index contributed by atoms with van der Waals surface area (Å²) in [5, 5.41) is 4.73. The summed E-state index contributed by atoms with van der Waals surface area (Å²) in [6.45, 7) is 1.59. The van der Waals surface area contributed by atoms with Crippen LogP contribution < -0.4 is 5.32 Å². The van der Waals surface area contributed by atoms with Crippen molar-refractivity contribution >= 4 is 50.3 Å². The Morgan fingerprint density at radius 2 is 1.94 bits per heavy atom. The predicted molar refractivity (Wildman–Crippen MR) is 130 cm³/mol. The average Bonchev–Trinajstić information content (AvgIpc) is 3.46. The minimum atomic E-state index is -3.47. The maximum atomic E-state index is 12.8. The lowest BCUT2D eigenvalue weighted by Crippen LogP contribution is -2.29. The number of sulfone groups is 1. The van der Waals surface area contributed by atoms with Crippen LogP contribution in [0.2, 0.25) is 5.02 Å². The number of aromatic nitrogens is 1. The zero-order chi connectivity index (χ0) is 23.6. The Kier molecular flexibility index (Phi) is 6.83. The summed E-state index contributed by atoms with van der Waals surface area (Å²) >= 11 is 7.26. The summed E-state index contributed by atoms with van der Waals surface area (Å²) in [4.78, 5) is 32.2. The van der Waals surface area contributed by atoms with Gasteiger partial charge < -0.3 is 10.2 Å². The van der Waals surface area contributed by atoms with Gasteiger partial charge in [0.2, 0.25) is 5.91 Å². The molecule has 3 heterocycles. The number of benzene rings is 1. The van der Waals surface area contributed by atoms with E-state index >= 15 is 0 Å². The fraction of sp³-hybridized carbons (Fsp3) is 0.261. The molecule has 172 valence electrons. The molecule has 0 saturated carbocycles. The summed E-state index contributed by atoms with van der Waals surface area (Å²) in [6.07, 6.45) is 5.07. The molecule has 1 saturated heterocycles. The van der Waals surface area contributed by atoms with Crippen LogP contribution in [-0.2, 0) is 21.1 Å². The fourth-order valence-corrected chi connectivity index (χ4v) is 5.47. The second kappa shape index (κ2) is 9.62. The van der Waals surface area contributed by atoms with Gasteiger partial charge in [-0.05, 0) is 48.7 Å². The molecule has 10 heteroatoms. The summed E-state index contributed by atoms with van der Waals surface area (Å²) in [5.41, 5.74) is 2.52. The third kappa shape index (κ3) is 5.61. The van der Waals surface area contributed by atoms with E-state index < -0.39 is 15.7 Å². The molecule has 1 N–H and O–H groups in total.